The predicted octanol–water partition coefficient (Wildman–Crippen LogP) is 3.65. The molecule has 5 heteroatoms. The van der Waals surface area contributed by atoms with Gasteiger partial charge in [-0.25, -0.2) is 4.79 Å². The second-order valence-electron chi connectivity index (χ2n) is 8.28. The van der Waals surface area contributed by atoms with E-state index in [4.69, 9.17) is 4.74 Å². The van der Waals surface area contributed by atoms with Crippen molar-refractivity contribution in [3.8, 4) is 0 Å². The van der Waals surface area contributed by atoms with Gasteiger partial charge in [0.1, 0.15) is 5.60 Å². The summed E-state index contributed by atoms with van der Waals surface area (Å²) in [6.07, 6.45) is 2.17. The van der Waals surface area contributed by atoms with Crippen LogP contribution in [0, 0.1) is 5.92 Å². The highest BCUT2D eigenvalue weighted by atomic mass is 16.6. The van der Waals surface area contributed by atoms with Crippen molar-refractivity contribution in [3.63, 3.8) is 0 Å². The van der Waals surface area contributed by atoms with E-state index in [1.165, 1.54) is 0 Å². The Morgan fingerprint density at radius 1 is 1.32 bits per heavy atom. The zero-order chi connectivity index (χ0) is 18.2. The molecular formula is C20H28N2O3. The van der Waals surface area contributed by atoms with E-state index in [1.807, 2.05) is 56.0 Å². The van der Waals surface area contributed by atoms with Gasteiger partial charge in [0.15, 0.2) is 0 Å². The number of nitrogens with one attached hydrogen (secondary N) is 1. The molecule has 0 bridgehead atoms. The van der Waals surface area contributed by atoms with Gasteiger partial charge in [0.05, 0.1) is 17.5 Å². The van der Waals surface area contributed by atoms with Crippen molar-refractivity contribution in [1.29, 1.82) is 0 Å². The number of carbonyl (C=O) groups excluding carboxylic acids is 2. The average molecular weight is 344 g/mol. The number of ether oxygens (including phenoxy) is 1. The molecular weight excluding hydrogens is 316 g/mol. The van der Waals surface area contributed by atoms with Crippen molar-refractivity contribution in [2.45, 2.75) is 64.1 Å². The number of fused-ring (bicyclic) bond motifs is 1. The van der Waals surface area contributed by atoms with Gasteiger partial charge >= 0.3 is 6.09 Å². The molecule has 1 aromatic rings. The second kappa shape index (κ2) is 6.36. The minimum absolute atomic E-state index is 0.00314. The first-order chi connectivity index (χ1) is 11.7. The van der Waals surface area contributed by atoms with Gasteiger partial charge in [0.25, 0.3) is 0 Å². The zero-order valence-electron chi connectivity index (χ0n) is 15.5. The highest BCUT2D eigenvalue weighted by Crippen LogP contribution is 2.45. The van der Waals surface area contributed by atoms with Crippen LogP contribution in [0.4, 0.5) is 4.79 Å². The van der Waals surface area contributed by atoms with Crippen LogP contribution in [-0.4, -0.2) is 34.6 Å². The molecule has 5 nitrogen and oxygen atoms in total. The summed E-state index contributed by atoms with van der Waals surface area (Å²) < 4.78 is 5.44. The molecule has 2 fully saturated rings. The molecule has 1 aliphatic heterocycles. The van der Waals surface area contributed by atoms with Crippen molar-refractivity contribution in [2.75, 3.05) is 6.54 Å². The number of hydrogen-bond acceptors (Lipinski definition) is 3. The van der Waals surface area contributed by atoms with Crippen molar-refractivity contribution >= 4 is 12.0 Å². The molecule has 25 heavy (non-hydrogen) atoms. The normalized spacial score (nSPS) is 27.1. The summed E-state index contributed by atoms with van der Waals surface area (Å²) in [5.41, 5.74) is 0.0694. The first-order valence-corrected chi connectivity index (χ1v) is 9.08. The van der Waals surface area contributed by atoms with E-state index >= 15 is 0 Å². The minimum atomic E-state index is -0.547. The lowest BCUT2D eigenvalue weighted by Gasteiger charge is -2.32. The molecule has 0 spiro atoms. The SMILES string of the molecule is C[C@H](c1ccccc1)N1C[C@]2(NC(=O)OC(C)(C)C)CCC[C@@H]2C1=O. The highest BCUT2D eigenvalue weighted by molar-refractivity contribution is 5.85. The fraction of sp³-hybridized carbons (Fsp3) is 0.600. The Morgan fingerprint density at radius 2 is 2.00 bits per heavy atom. The standard InChI is InChI=1S/C20H28N2O3/c1-14(15-9-6-5-7-10-15)22-13-20(12-8-11-16(20)17(22)23)21-18(24)25-19(2,3)4/h5-7,9-10,14,16H,8,11-13H2,1-4H3,(H,21,24)/t14-,16-,20-/m1/s1. The van der Waals surface area contributed by atoms with E-state index in [2.05, 4.69) is 12.2 Å². The van der Waals surface area contributed by atoms with Gasteiger partial charge in [0, 0.05) is 6.54 Å². The Labute approximate surface area is 149 Å². The quantitative estimate of drug-likeness (QED) is 0.910. The minimum Gasteiger partial charge on any atom is -0.444 e. The molecule has 1 saturated carbocycles. The number of alkyl carbamates (subject to hydrolysis) is 1. The van der Waals surface area contributed by atoms with E-state index in [0.29, 0.717) is 6.54 Å². The first-order valence-electron chi connectivity index (χ1n) is 9.08. The molecule has 136 valence electrons. The average Bonchev–Trinajstić information content (AvgIpc) is 3.03. The number of nitrogens with zero attached hydrogens (tertiary/aromatic N) is 1. The van der Waals surface area contributed by atoms with Gasteiger partial charge in [0.2, 0.25) is 5.91 Å². The molecule has 1 N–H and O–H groups in total. The summed E-state index contributed by atoms with van der Waals surface area (Å²) in [5.74, 6) is -0.00362. The number of likely N-dealkylation sites (tertiary alicyclic amines) is 1. The fourth-order valence-electron chi connectivity index (χ4n) is 4.14. The third-order valence-corrected chi connectivity index (χ3v) is 5.32. The molecule has 2 aliphatic rings. The maximum Gasteiger partial charge on any atom is 0.408 e. The summed E-state index contributed by atoms with van der Waals surface area (Å²) in [6, 6.07) is 10.0. The van der Waals surface area contributed by atoms with Gasteiger partial charge in [-0.05, 0) is 46.1 Å². The van der Waals surface area contributed by atoms with Crippen LogP contribution in [0.2, 0.25) is 0 Å². The number of rotatable bonds is 3. The van der Waals surface area contributed by atoms with Crippen LogP contribution >= 0.6 is 0 Å². The summed E-state index contributed by atoms with van der Waals surface area (Å²) in [4.78, 5) is 27.3. The summed E-state index contributed by atoms with van der Waals surface area (Å²) >= 11 is 0. The molecule has 2 amide bonds. The molecule has 0 aromatic heterocycles. The lowest BCUT2D eigenvalue weighted by atomic mass is 9.90. The summed E-state index contributed by atoms with van der Waals surface area (Å²) in [7, 11) is 0. The van der Waals surface area contributed by atoms with Crippen LogP contribution in [-0.2, 0) is 9.53 Å². The molecule has 3 rings (SSSR count). The van der Waals surface area contributed by atoms with Crippen LogP contribution < -0.4 is 5.32 Å². The van der Waals surface area contributed by atoms with Crippen LogP contribution in [0.25, 0.3) is 0 Å². The molecule has 1 aliphatic carbocycles. The van der Waals surface area contributed by atoms with E-state index in [9.17, 15) is 9.59 Å². The molecule has 0 radical (unpaired) electrons. The topological polar surface area (TPSA) is 58.6 Å². The maximum atomic E-state index is 13.0. The monoisotopic (exact) mass is 344 g/mol. The van der Waals surface area contributed by atoms with Crippen LogP contribution in [0.15, 0.2) is 30.3 Å². The van der Waals surface area contributed by atoms with Crippen molar-refractivity contribution < 1.29 is 14.3 Å². The predicted molar refractivity (Wildman–Crippen MR) is 96.0 cm³/mol. The smallest absolute Gasteiger partial charge is 0.408 e. The van der Waals surface area contributed by atoms with Gasteiger partial charge in [-0.15, -0.1) is 0 Å². The van der Waals surface area contributed by atoms with Gasteiger partial charge in [-0.3, -0.25) is 4.79 Å². The largest absolute Gasteiger partial charge is 0.444 e. The van der Waals surface area contributed by atoms with Gasteiger partial charge < -0.3 is 15.0 Å². The lowest BCUT2D eigenvalue weighted by Crippen LogP contribution is -2.53. The van der Waals surface area contributed by atoms with Gasteiger partial charge in [-0.1, -0.05) is 36.8 Å². The van der Waals surface area contributed by atoms with E-state index < -0.39 is 17.2 Å². The molecule has 1 heterocycles. The van der Waals surface area contributed by atoms with Crippen molar-refractivity contribution in [1.82, 2.24) is 10.2 Å². The highest BCUT2D eigenvalue weighted by Gasteiger charge is 2.56. The van der Waals surface area contributed by atoms with Gasteiger partial charge in [-0.2, -0.15) is 0 Å². The lowest BCUT2D eigenvalue weighted by molar-refractivity contribution is -0.132. The fourth-order valence-corrected chi connectivity index (χ4v) is 4.14. The number of amides is 2. The van der Waals surface area contributed by atoms with E-state index in [-0.39, 0.29) is 17.9 Å². The Bertz CT molecular complexity index is 653. The number of hydrogen-bond donors (Lipinski definition) is 1. The molecule has 1 aromatic carbocycles. The van der Waals surface area contributed by atoms with Crippen LogP contribution in [0.1, 0.15) is 58.6 Å². The Balaban J connectivity index is 1.78. The number of carbonyl (C=O) groups is 2. The van der Waals surface area contributed by atoms with Crippen LogP contribution in [0.3, 0.4) is 0 Å². The second-order valence-corrected chi connectivity index (χ2v) is 8.28. The zero-order valence-corrected chi connectivity index (χ0v) is 15.5. The Hall–Kier alpha value is -2.04. The summed E-state index contributed by atoms with van der Waals surface area (Å²) in [6.45, 7) is 8.14. The Morgan fingerprint density at radius 3 is 2.64 bits per heavy atom. The van der Waals surface area contributed by atoms with E-state index in [1.54, 1.807) is 0 Å². The summed E-state index contributed by atoms with van der Waals surface area (Å²) in [5, 5.41) is 3.05. The Kier molecular flexibility index (Phi) is 4.52. The van der Waals surface area contributed by atoms with Crippen molar-refractivity contribution in [2.24, 2.45) is 5.92 Å². The maximum absolute atomic E-state index is 13.0. The third kappa shape index (κ3) is 3.51. The van der Waals surface area contributed by atoms with Crippen LogP contribution in [0.5, 0.6) is 0 Å². The van der Waals surface area contributed by atoms with Crippen molar-refractivity contribution in [3.05, 3.63) is 35.9 Å². The molecule has 3 atom stereocenters. The first kappa shape index (κ1) is 17.8. The van der Waals surface area contributed by atoms with E-state index in [0.717, 1.165) is 24.8 Å². The molecule has 1 saturated heterocycles. The molecule has 0 unspecified atom stereocenters. The number of benzene rings is 1. The third-order valence-electron chi connectivity index (χ3n) is 5.32.